The van der Waals surface area contributed by atoms with Crippen LogP contribution in [0.2, 0.25) is 0 Å². The molecule has 0 aliphatic heterocycles. The Morgan fingerprint density at radius 2 is 1.84 bits per heavy atom. The Hall–Kier alpha value is -1.88. The van der Waals surface area contributed by atoms with Crippen LogP contribution in [0.1, 0.15) is 19.4 Å². The van der Waals surface area contributed by atoms with Crippen molar-refractivity contribution < 1.29 is 9.59 Å². The van der Waals surface area contributed by atoms with Crippen molar-refractivity contribution in [1.82, 2.24) is 10.6 Å². The summed E-state index contributed by atoms with van der Waals surface area (Å²) in [5.74, 6) is -0.273. The van der Waals surface area contributed by atoms with E-state index in [0.29, 0.717) is 6.54 Å². The third-order valence-corrected chi connectivity index (χ3v) is 2.66. The van der Waals surface area contributed by atoms with Gasteiger partial charge in [0.2, 0.25) is 11.8 Å². The molecule has 0 heterocycles. The maximum Gasteiger partial charge on any atom is 0.241 e. The van der Waals surface area contributed by atoms with E-state index in [0.717, 1.165) is 11.3 Å². The molecule has 0 saturated carbocycles. The van der Waals surface area contributed by atoms with Gasteiger partial charge in [0.25, 0.3) is 0 Å². The summed E-state index contributed by atoms with van der Waals surface area (Å²) in [6.07, 6.45) is 0. The minimum absolute atomic E-state index is 0.113. The maximum atomic E-state index is 11.9. The van der Waals surface area contributed by atoms with Crippen LogP contribution in [0, 0.1) is 6.92 Å². The largest absolute Gasteiger partial charge is 0.355 e. The van der Waals surface area contributed by atoms with E-state index < -0.39 is 6.04 Å². The fourth-order valence-electron chi connectivity index (χ4n) is 1.49. The Morgan fingerprint density at radius 3 is 2.42 bits per heavy atom. The van der Waals surface area contributed by atoms with Gasteiger partial charge < -0.3 is 10.6 Å². The summed E-state index contributed by atoms with van der Waals surface area (Å²) in [6, 6.07) is 7.14. The molecule has 5 nitrogen and oxygen atoms in total. The van der Waals surface area contributed by atoms with E-state index in [1.165, 1.54) is 0 Å². The lowest BCUT2D eigenvalue weighted by Crippen LogP contribution is -2.43. The van der Waals surface area contributed by atoms with Crippen molar-refractivity contribution in [2.24, 2.45) is 0 Å². The smallest absolute Gasteiger partial charge is 0.241 e. The van der Waals surface area contributed by atoms with E-state index in [9.17, 15) is 9.59 Å². The second-order valence-corrected chi connectivity index (χ2v) is 4.41. The molecule has 5 heteroatoms. The molecule has 0 aliphatic carbocycles. The summed E-state index contributed by atoms with van der Waals surface area (Å²) < 4.78 is 0. The second kappa shape index (κ2) is 7.53. The normalized spacial score (nSPS) is 11.7. The van der Waals surface area contributed by atoms with Crippen LogP contribution in [0.15, 0.2) is 24.3 Å². The first-order chi connectivity index (χ1) is 9.02. The van der Waals surface area contributed by atoms with Crippen molar-refractivity contribution in [3.8, 4) is 0 Å². The topological polar surface area (TPSA) is 70.2 Å². The van der Waals surface area contributed by atoms with E-state index in [-0.39, 0.29) is 18.4 Å². The van der Waals surface area contributed by atoms with Gasteiger partial charge in [-0.15, -0.1) is 0 Å². The molecule has 0 spiro atoms. The van der Waals surface area contributed by atoms with Gasteiger partial charge in [-0.05, 0) is 32.9 Å². The summed E-state index contributed by atoms with van der Waals surface area (Å²) >= 11 is 0. The number of amides is 2. The fourth-order valence-corrected chi connectivity index (χ4v) is 1.49. The van der Waals surface area contributed by atoms with Crippen LogP contribution in [0.3, 0.4) is 0 Å². The number of nitrogens with one attached hydrogen (secondary N) is 3. The predicted octanol–water partition coefficient (Wildman–Crippen LogP) is 1.05. The zero-order valence-electron chi connectivity index (χ0n) is 11.6. The number of likely N-dealkylation sites (N-methyl/N-ethyl adjacent to an activating group) is 1. The molecule has 3 N–H and O–H groups in total. The van der Waals surface area contributed by atoms with Crippen molar-refractivity contribution in [1.29, 1.82) is 0 Å². The molecule has 1 rings (SSSR count). The maximum absolute atomic E-state index is 11.9. The molecule has 0 fully saturated rings. The first-order valence-electron chi connectivity index (χ1n) is 6.40. The quantitative estimate of drug-likeness (QED) is 0.718. The van der Waals surface area contributed by atoms with Gasteiger partial charge in [0.05, 0.1) is 12.6 Å². The van der Waals surface area contributed by atoms with E-state index in [1.807, 2.05) is 38.1 Å². The van der Waals surface area contributed by atoms with E-state index in [4.69, 9.17) is 0 Å². The van der Waals surface area contributed by atoms with Crippen LogP contribution in [0.4, 0.5) is 5.69 Å². The molecule has 1 unspecified atom stereocenters. The SMILES string of the molecule is CCNC(=O)CNC(C)C(=O)Nc1ccc(C)cc1. The fraction of sp³-hybridized carbons (Fsp3) is 0.429. The van der Waals surface area contributed by atoms with E-state index >= 15 is 0 Å². The highest BCUT2D eigenvalue weighted by atomic mass is 16.2. The second-order valence-electron chi connectivity index (χ2n) is 4.41. The molecular formula is C14H21N3O2. The number of carbonyl (C=O) groups is 2. The summed E-state index contributed by atoms with van der Waals surface area (Å²) in [4.78, 5) is 23.1. The lowest BCUT2D eigenvalue weighted by molar-refractivity contribution is -0.120. The summed E-state index contributed by atoms with van der Waals surface area (Å²) in [7, 11) is 0. The molecule has 1 aromatic rings. The number of rotatable bonds is 6. The number of anilines is 1. The van der Waals surface area contributed by atoms with Gasteiger partial charge in [-0.3, -0.25) is 14.9 Å². The average Bonchev–Trinajstić information content (AvgIpc) is 2.39. The number of aryl methyl sites for hydroxylation is 1. The van der Waals surface area contributed by atoms with Crippen LogP contribution < -0.4 is 16.0 Å². The molecule has 0 aromatic heterocycles. The van der Waals surface area contributed by atoms with Crippen LogP contribution in [0.25, 0.3) is 0 Å². The third kappa shape index (κ3) is 5.52. The molecule has 0 bridgehead atoms. The van der Waals surface area contributed by atoms with Crippen molar-refractivity contribution in [3.05, 3.63) is 29.8 Å². The zero-order chi connectivity index (χ0) is 14.3. The molecule has 0 radical (unpaired) electrons. The summed E-state index contributed by atoms with van der Waals surface area (Å²) in [5, 5.41) is 8.33. The van der Waals surface area contributed by atoms with Gasteiger partial charge in [0, 0.05) is 12.2 Å². The Morgan fingerprint density at radius 1 is 1.21 bits per heavy atom. The van der Waals surface area contributed by atoms with Gasteiger partial charge in [0.15, 0.2) is 0 Å². The molecule has 0 saturated heterocycles. The predicted molar refractivity (Wildman–Crippen MR) is 76.0 cm³/mol. The first kappa shape index (κ1) is 15.2. The Labute approximate surface area is 113 Å². The van der Waals surface area contributed by atoms with Crippen molar-refractivity contribution in [2.75, 3.05) is 18.4 Å². The highest BCUT2D eigenvalue weighted by Gasteiger charge is 2.13. The minimum Gasteiger partial charge on any atom is -0.355 e. The molecule has 1 atom stereocenters. The lowest BCUT2D eigenvalue weighted by Gasteiger charge is -2.14. The molecule has 1 aromatic carbocycles. The number of hydrogen-bond acceptors (Lipinski definition) is 3. The van der Waals surface area contributed by atoms with Crippen molar-refractivity contribution in [3.63, 3.8) is 0 Å². The van der Waals surface area contributed by atoms with Crippen LogP contribution in [-0.2, 0) is 9.59 Å². The summed E-state index contributed by atoms with van der Waals surface area (Å²) in [5.41, 5.74) is 1.89. The Bertz CT molecular complexity index is 429. The number of benzene rings is 1. The molecule has 2 amide bonds. The van der Waals surface area contributed by atoms with Crippen molar-refractivity contribution >= 4 is 17.5 Å². The molecular weight excluding hydrogens is 242 g/mol. The van der Waals surface area contributed by atoms with Gasteiger partial charge in [0.1, 0.15) is 0 Å². The molecule has 19 heavy (non-hydrogen) atoms. The number of hydrogen-bond donors (Lipinski definition) is 3. The van der Waals surface area contributed by atoms with Gasteiger partial charge in [-0.25, -0.2) is 0 Å². The highest BCUT2D eigenvalue weighted by Crippen LogP contribution is 2.08. The first-order valence-corrected chi connectivity index (χ1v) is 6.40. The Kier molecular flexibility index (Phi) is 6.02. The van der Waals surface area contributed by atoms with Crippen LogP contribution >= 0.6 is 0 Å². The van der Waals surface area contributed by atoms with Crippen LogP contribution in [0.5, 0.6) is 0 Å². The van der Waals surface area contributed by atoms with Crippen LogP contribution in [-0.4, -0.2) is 30.9 Å². The lowest BCUT2D eigenvalue weighted by atomic mass is 10.2. The van der Waals surface area contributed by atoms with Gasteiger partial charge in [-0.1, -0.05) is 17.7 Å². The average molecular weight is 263 g/mol. The minimum atomic E-state index is -0.427. The Balaban J connectivity index is 2.40. The monoisotopic (exact) mass is 263 g/mol. The standard InChI is InChI=1S/C14H21N3O2/c1-4-15-13(18)9-16-11(3)14(19)17-12-7-5-10(2)6-8-12/h5-8,11,16H,4,9H2,1-3H3,(H,15,18)(H,17,19). The molecule has 104 valence electrons. The molecule has 0 aliphatic rings. The number of carbonyl (C=O) groups excluding carboxylic acids is 2. The summed E-state index contributed by atoms with van der Waals surface area (Å²) in [6.45, 7) is 6.29. The van der Waals surface area contributed by atoms with E-state index in [2.05, 4.69) is 16.0 Å². The van der Waals surface area contributed by atoms with E-state index in [1.54, 1.807) is 6.92 Å². The van der Waals surface area contributed by atoms with Gasteiger partial charge in [-0.2, -0.15) is 0 Å². The highest BCUT2D eigenvalue weighted by molar-refractivity contribution is 5.94. The third-order valence-electron chi connectivity index (χ3n) is 2.66. The van der Waals surface area contributed by atoms with Crippen molar-refractivity contribution in [2.45, 2.75) is 26.8 Å². The zero-order valence-corrected chi connectivity index (χ0v) is 11.6. The van der Waals surface area contributed by atoms with Gasteiger partial charge >= 0.3 is 0 Å².